The Morgan fingerprint density at radius 2 is 1.12 bits per heavy atom. The quantitative estimate of drug-likeness (QED) is 0.332. The normalized spacial score (nSPS) is 14.2. The van der Waals surface area contributed by atoms with Crippen LogP contribution in [0.2, 0.25) is 0 Å². The van der Waals surface area contributed by atoms with E-state index in [-0.39, 0.29) is 6.07 Å². The predicted molar refractivity (Wildman–Crippen MR) is 72.6 cm³/mol. The summed E-state index contributed by atoms with van der Waals surface area (Å²) in [5, 5.41) is 0.791. The lowest BCUT2D eigenvalue weighted by atomic mass is 10.1. The molecule has 1 N–H and O–H groups in total. The maximum absolute atomic E-state index is 13.2. The fourth-order valence-corrected chi connectivity index (χ4v) is 1.64. The van der Waals surface area contributed by atoms with Crippen molar-refractivity contribution >= 4 is 17.6 Å². The van der Waals surface area contributed by atoms with Gasteiger partial charge in [-0.05, 0) is 12.1 Å². The maximum atomic E-state index is 13.2. The van der Waals surface area contributed by atoms with Gasteiger partial charge in [-0.25, -0.2) is 4.79 Å². The molecule has 0 saturated heterocycles. The van der Waals surface area contributed by atoms with Crippen molar-refractivity contribution in [1.29, 1.82) is 0 Å². The van der Waals surface area contributed by atoms with Crippen LogP contribution in [-0.4, -0.2) is 47.9 Å². The number of carbonyl (C=O) groups excluding carboxylic acids is 2. The lowest BCUT2D eigenvalue weighted by Gasteiger charge is -2.27. The highest BCUT2D eigenvalue weighted by Crippen LogP contribution is 2.48. The minimum atomic E-state index is -6.92. The van der Waals surface area contributed by atoms with Gasteiger partial charge in [0, 0.05) is 11.8 Å². The molecule has 0 aromatic heterocycles. The highest BCUT2D eigenvalue weighted by Gasteiger charge is 2.78. The van der Waals surface area contributed by atoms with Gasteiger partial charge in [0.2, 0.25) is 0 Å². The van der Waals surface area contributed by atoms with Crippen LogP contribution in [0.3, 0.4) is 0 Å². The molecule has 0 aliphatic carbocycles. The van der Waals surface area contributed by atoms with Gasteiger partial charge in [0.05, 0.1) is 0 Å². The summed E-state index contributed by atoms with van der Waals surface area (Å²) in [5.74, 6) is -34.9. The molecule has 0 unspecified atom stereocenters. The van der Waals surface area contributed by atoms with Crippen molar-refractivity contribution in [3.05, 3.63) is 24.3 Å². The summed E-state index contributed by atoms with van der Waals surface area (Å²) in [4.78, 5) is 22.2. The molecule has 0 aliphatic heterocycles. The van der Waals surface area contributed by atoms with Crippen molar-refractivity contribution in [1.82, 2.24) is 0 Å². The summed E-state index contributed by atoms with van der Waals surface area (Å²) in [6.45, 7) is 0. The highest BCUT2D eigenvalue weighted by atomic mass is 19.4. The molecule has 0 aliphatic rings. The van der Waals surface area contributed by atoms with Crippen molar-refractivity contribution in [3.8, 4) is 5.75 Å². The van der Waals surface area contributed by atoms with Crippen LogP contribution in [0, 0.1) is 0 Å². The second kappa shape index (κ2) is 7.95. The SMILES string of the molecule is O=C(Nc1cccc(OC(=O)C(F)(F)C(F)(F)C(F)(F)F)c1)C(F)(F)C(F)(F)C(F)(F)F. The molecule has 1 aromatic carbocycles. The Balaban J connectivity index is 3.12. The summed E-state index contributed by atoms with van der Waals surface area (Å²) < 4.78 is 180. The smallest absolute Gasteiger partial charge is 0.422 e. The second-order valence-corrected chi connectivity index (χ2v) is 5.66. The van der Waals surface area contributed by atoms with E-state index in [0.717, 1.165) is 5.32 Å². The van der Waals surface area contributed by atoms with Gasteiger partial charge in [0.1, 0.15) is 5.75 Å². The molecule has 182 valence electrons. The zero-order chi connectivity index (χ0) is 25.6. The van der Waals surface area contributed by atoms with Crippen LogP contribution in [0.4, 0.5) is 67.2 Å². The molecule has 32 heavy (non-hydrogen) atoms. The predicted octanol–water partition coefficient (Wildman–Crippen LogP) is 5.20. The number of rotatable bonds is 6. The van der Waals surface area contributed by atoms with E-state index in [9.17, 15) is 71.1 Å². The van der Waals surface area contributed by atoms with E-state index in [0.29, 0.717) is 18.2 Å². The first kappa shape index (κ1) is 27.2. The first-order valence-corrected chi connectivity index (χ1v) is 7.28. The molecular formula is C14H5F14NO3. The molecule has 0 fully saturated rings. The van der Waals surface area contributed by atoms with Gasteiger partial charge in [-0.15, -0.1) is 0 Å². The Hall–Kier alpha value is -2.82. The van der Waals surface area contributed by atoms with Gasteiger partial charge in [-0.1, -0.05) is 6.07 Å². The largest absolute Gasteiger partial charge is 0.460 e. The Morgan fingerprint density at radius 1 is 0.688 bits per heavy atom. The molecule has 4 nitrogen and oxygen atoms in total. The van der Waals surface area contributed by atoms with Crippen molar-refractivity contribution < 1.29 is 75.8 Å². The van der Waals surface area contributed by atoms with Gasteiger partial charge in [-0.2, -0.15) is 61.5 Å². The van der Waals surface area contributed by atoms with Crippen LogP contribution in [0.15, 0.2) is 24.3 Å². The number of benzene rings is 1. The van der Waals surface area contributed by atoms with Crippen molar-refractivity contribution in [2.75, 3.05) is 5.32 Å². The van der Waals surface area contributed by atoms with E-state index in [1.54, 1.807) is 0 Å². The average molecular weight is 501 g/mol. The topological polar surface area (TPSA) is 55.4 Å². The number of nitrogens with one attached hydrogen (secondary N) is 1. The molecule has 0 spiro atoms. The number of anilines is 1. The van der Waals surface area contributed by atoms with Crippen LogP contribution in [0.1, 0.15) is 0 Å². The Labute approximate surface area is 166 Å². The Morgan fingerprint density at radius 3 is 1.56 bits per heavy atom. The molecule has 0 heterocycles. The number of esters is 1. The molecule has 0 radical (unpaired) electrons. The molecule has 18 heteroatoms. The van der Waals surface area contributed by atoms with Crippen LogP contribution >= 0.6 is 0 Å². The lowest BCUT2D eigenvalue weighted by molar-refractivity contribution is -0.346. The molecule has 0 atom stereocenters. The number of hydrogen-bond donors (Lipinski definition) is 1. The fourth-order valence-electron chi connectivity index (χ4n) is 1.64. The third-order valence-electron chi connectivity index (χ3n) is 3.34. The van der Waals surface area contributed by atoms with Crippen molar-refractivity contribution in [3.63, 3.8) is 0 Å². The number of alkyl halides is 14. The summed E-state index contributed by atoms with van der Waals surface area (Å²) >= 11 is 0. The van der Waals surface area contributed by atoms with Gasteiger partial charge in [0.15, 0.2) is 0 Å². The first-order valence-electron chi connectivity index (χ1n) is 7.28. The summed E-state index contributed by atoms with van der Waals surface area (Å²) in [6.07, 6.45) is -13.8. The Bertz CT molecular complexity index is 807. The molecule has 0 saturated carbocycles. The van der Waals surface area contributed by atoms with Gasteiger partial charge >= 0.3 is 47.9 Å². The van der Waals surface area contributed by atoms with Gasteiger partial charge < -0.3 is 10.1 Å². The zero-order valence-corrected chi connectivity index (χ0v) is 14.3. The van der Waals surface area contributed by atoms with E-state index >= 15 is 0 Å². The van der Waals surface area contributed by atoms with E-state index in [2.05, 4.69) is 4.74 Å². The van der Waals surface area contributed by atoms with Crippen molar-refractivity contribution in [2.45, 2.75) is 36.0 Å². The number of carbonyl (C=O) groups is 2. The number of hydrogen-bond acceptors (Lipinski definition) is 3. The highest BCUT2D eigenvalue weighted by molar-refractivity contribution is 5.97. The van der Waals surface area contributed by atoms with Crippen LogP contribution in [0.25, 0.3) is 0 Å². The lowest BCUT2D eigenvalue weighted by Crippen LogP contribution is -2.57. The average Bonchev–Trinajstić information content (AvgIpc) is 2.59. The first-order chi connectivity index (χ1) is 14.0. The third kappa shape index (κ3) is 4.67. The van der Waals surface area contributed by atoms with E-state index in [1.165, 1.54) is 0 Å². The molecule has 0 bridgehead atoms. The molecule has 1 amide bonds. The number of ether oxygens (including phenoxy) is 1. The number of amides is 1. The summed E-state index contributed by atoms with van der Waals surface area (Å²) in [5.41, 5.74) is -1.22. The maximum Gasteiger partial charge on any atom is 0.460 e. The van der Waals surface area contributed by atoms with E-state index < -0.39 is 59.4 Å². The summed E-state index contributed by atoms with van der Waals surface area (Å²) in [7, 11) is 0. The summed E-state index contributed by atoms with van der Waals surface area (Å²) in [6, 6.07) is 1.30. The van der Waals surface area contributed by atoms with Crippen LogP contribution in [-0.2, 0) is 9.59 Å². The second-order valence-electron chi connectivity index (χ2n) is 5.66. The molecule has 1 rings (SSSR count). The third-order valence-corrected chi connectivity index (χ3v) is 3.34. The minimum absolute atomic E-state index is 0.000573. The van der Waals surface area contributed by atoms with Gasteiger partial charge in [-0.3, -0.25) is 4.79 Å². The van der Waals surface area contributed by atoms with E-state index in [4.69, 9.17) is 0 Å². The van der Waals surface area contributed by atoms with Crippen molar-refractivity contribution in [2.24, 2.45) is 0 Å². The molecular weight excluding hydrogens is 496 g/mol. The number of halogens is 14. The fraction of sp³-hybridized carbons (Fsp3) is 0.429. The molecule has 1 aromatic rings. The van der Waals surface area contributed by atoms with Crippen LogP contribution in [0.5, 0.6) is 5.75 Å². The van der Waals surface area contributed by atoms with Gasteiger partial charge in [0.25, 0.3) is 0 Å². The zero-order valence-electron chi connectivity index (χ0n) is 14.3. The van der Waals surface area contributed by atoms with Crippen LogP contribution < -0.4 is 10.1 Å². The Kier molecular flexibility index (Phi) is 6.76. The van der Waals surface area contributed by atoms with E-state index in [1.807, 2.05) is 0 Å². The monoisotopic (exact) mass is 501 g/mol. The standard InChI is InChI=1S/C14H5F14NO3/c15-9(16,11(19,20)13(23,24)25)7(30)29-5-2-1-3-6(4-5)32-8(31)10(17,18)12(21,22)14(26,27)28/h1-4H,(H,29,30). The minimum Gasteiger partial charge on any atom is -0.422 e.